The Labute approximate surface area is 138 Å². The zero-order valence-electron chi connectivity index (χ0n) is 12.6. The van der Waals surface area contributed by atoms with E-state index in [1.807, 2.05) is 49.4 Å². The lowest BCUT2D eigenvalue weighted by Gasteiger charge is -2.11. The predicted octanol–water partition coefficient (Wildman–Crippen LogP) is 3.46. The zero-order valence-corrected chi connectivity index (χ0v) is 14.1. The van der Waals surface area contributed by atoms with Crippen molar-refractivity contribution in [2.24, 2.45) is 0 Å². The average Bonchev–Trinajstić information content (AvgIpc) is 2.51. The number of hydrogen-bond donors (Lipinski definition) is 1. The van der Waals surface area contributed by atoms with Gasteiger partial charge in [-0.1, -0.05) is 28.1 Å². The van der Waals surface area contributed by atoms with Crippen LogP contribution in [-0.4, -0.2) is 19.6 Å². The first-order chi connectivity index (χ1) is 10.6. The second-order valence-electron chi connectivity index (χ2n) is 4.84. The van der Waals surface area contributed by atoms with Crippen molar-refractivity contribution in [2.45, 2.75) is 13.5 Å². The summed E-state index contributed by atoms with van der Waals surface area (Å²) in [5.74, 6) is 1.25. The normalized spacial score (nSPS) is 10.1. The van der Waals surface area contributed by atoms with Crippen LogP contribution >= 0.6 is 15.9 Å². The van der Waals surface area contributed by atoms with Gasteiger partial charge in [0.15, 0.2) is 6.61 Å². The van der Waals surface area contributed by atoms with Crippen LogP contribution in [0.2, 0.25) is 0 Å². The molecule has 0 spiro atoms. The molecular formula is C17H18BrNO3. The van der Waals surface area contributed by atoms with Crippen LogP contribution in [0.25, 0.3) is 0 Å². The lowest BCUT2D eigenvalue weighted by Crippen LogP contribution is -2.28. The largest absolute Gasteiger partial charge is 0.496 e. The maximum Gasteiger partial charge on any atom is 0.258 e. The summed E-state index contributed by atoms with van der Waals surface area (Å²) in [6, 6.07) is 13.3. The van der Waals surface area contributed by atoms with Gasteiger partial charge in [-0.05, 0) is 42.8 Å². The van der Waals surface area contributed by atoms with Crippen molar-refractivity contribution in [2.75, 3.05) is 13.7 Å². The first kappa shape index (κ1) is 16.4. The number of benzene rings is 2. The zero-order chi connectivity index (χ0) is 15.9. The number of carbonyl (C=O) groups is 1. The third-order valence-corrected chi connectivity index (χ3v) is 3.57. The van der Waals surface area contributed by atoms with Gasteiger partial charge in [0.2, 0.25) is 0 Å². The first-order valence-electron chi connectivity index (χ1n) is 6.87. The Balaban J connectivity index is 1.86. The molecule has 1 amide bonds. The number of nitrogens with one attached hydrogen (secondary N) is 1. The minimum Gasteiger partial charge on any atom is -0.496 e. The van der Waals surface area contributed by atoms with Gasteiger partial charge in [0, 0.05) is 16.6 Å². The number of halogens is 1. The molecule has 2 aromatic rings. The Hall–Kier alpha value is -2.01. The number of ether oxygens (including phenoxy) is 2. The average molecular weight is 364 g/mol. The summed E-state index contributed by atoms with van der Waals surface area (Å²) < 4.78 is 11.7. The highest BCUT2D eigenvalue weighted by Crippen LogP contribution is 2.22. The van der Waals surface area contributed by atoms with Crippen LogP contribution in [0.4, 0.5) is 0 Å². The van der Waals surface area contributed by atoms with Gasteiger partial charge in [-0.3, -0.25) is 4.79 Å². The molecule has 4 nitrogen and oxygen atoms in total. The second kappa shape index (κ2) is 7.84. The highest BCUT2D eigenvalue weighted by Gasteiger charge is 2.07. The highest BCUT2D eigenvalue weighted by molar-refractivity contribution is 9.10. The van der Waals surface area contributed by atoms with E-state index in [0.717, 1.165) is 21.3 Å². The summed E-state index contributed by atoms with van der Waals surface area (Å²) in [7, 11) is 1.61. The lowest BCUT2D eigenvalue weighted by molar-refractivity contribution is -0.123. The van der Waals surface area contributed by atoms with E-state index in [-0.39, 0.29) is 12.5 Å². The molecule has 2 aromatic carbocycles. The molecule has 0 fully saturated rings. The molecule has 22 heavy (non-hydrogen) atoms. The predicted molar refractivity (Wildman–Crippen MR) is 89.2 cm³/mol. The van der Waals surface area contributed by atoms with Gasteiger partial charge in [0.25, 0.3) is 5.91 Å². The van der Waals surface area contributed by atoms with Crippen molar-refractivity contribution in [1.82, 2.24) is 5.32 Å². The third kappa shape index (κ3) is 4.77. The van der Waals surface area contributed by atoms with Crippen molar-refractivity contribution in [3.63, 3.8) is 0 Å². The number of aryl methyl sites for hydroxylation is 1. The highest BCUT2D eigenvalue weighted by atomic mass is 79.9. The van der Waals surface area contributed by atoms with E-state index in [0.29, 0.717) is 12.3 Å². The number of rotatable bonds is 6. The van der Waals surface area contributed by atoms with Gasteiger partial charge in [-0.15, -0.1) is 0 Å². The molecule has 5 heteroatoms. The molecule has 0 aliphatic carbocycles. The Bertz CT molecular complexity index is 658. The fraction of sp³-hybridized carbons (Fsp3) is 0.235. The number of methoxy groups -OCH3 is 1. The van der Waals surface area contributed by atoms with Crippen molar-refractivity contribution < 1.29 is 14.3 Å². The van der Waals surface area contributed by atoms with Gasteiger partial charge in [-0.2, -0.15) is 0 Å². The molecule has 0 aromatic heterocycles. The fourth-order valence-electron chi connectivity index (χ4n) is 1.98. The standard InChI is InChI=1S/C17H18BrNO3/c1-12-4-3-5-15(8-12)22-11-17(20)19-10-13-9-14(18)6-7-16(13)21-2/h3-9H,10-11H2,1-2H3,(H,19,20). The Kier molecular flexibility index (Phi) is 5.83. The van der Waals surface area contributed by atoms with Gasteiger partial charge >= 0.3 is 0 Å². The van der Waals surface area contributed by atoms with Crippen molar-refractivity contribution >= 4 is 21.8 Å². The molecule has 0 bridgehead atoms. The molecule has 1 N–H and O–H groups in total. The Morgan fingerprint density at radius 3 is 2.77 bits per heavy atom. The van der Waals surface area contributed by atoms with E-state index in [9.17, 15) is 4.79 Å². The van der Waals surface area contributed by atoms with Crippen LogP contribution in [0.1, 0.15) is 11.1 Å². The van der Waals surface area contributed by atoms with E-state index >= 15 is 0 Å². The van der Waals surface area contributed by atoms with E-state index in [4.69, 9.17) is 9.47 Å². The molecule has 0 saturated heterocycles. The quantitative estimate of drug-likeness (QED) is 0.854. The van der Waals surface area contributed by atoms with Crippen molar-refractivity contribution in [3.8, 4) is 11.5 Å². The SMILES string of the molecule is COc1ccc(Br)cc1CNC(=O)COc1cccc(C)c1. The van der Waals surface area contributed by atoms with Crippen LogP contribution in [0, 0.1) is 6.92 Å². The van der Waals surface area contributed by atoms with Crippen LogP contribution < -0.4 is 14.8 Å². The maximum absolute atomic E-state index is 11.9. The Morgan fingerprint density at radius 2 is 2.05 bits per heavy atom. The molecule has 0 aliphatic heterocycles. The molecule has 0 aliphatic rings. The second-order valence-corrected chi connectivity index (χ2v) is 5.75. The summed E-state index contributed by atoms with van der Waals surface area (Å²) in [6.07, 6.45) is 0. The van der Waals surface area contributed by atoms with Crippen LogP contribution in [0.5, 0.6) is 11.5 Å². The number of hydrogen-bond acceptors (Lipinski definition) is 3. The Morgan fingerprint density at radius 1 is 1.23 bits per heavy atom. The van der Waals surface area contributed by atoms with Gasteiger partial charge in [-0.25, -0.2) is 0 Å². The topological polar surface area (TPSA) is 47.6 Å². The molecule has 116 valence electrons. The minimum atomic E-state index is -0.177. The van der Waals surface area contributed by atoms with Crippen LogP contribution in [0.15, 0.2) is 46.9 Å². The third-order valence-electron chi connectivity index (χ3n) is 3.08. The summed E-state index contributed by atoms with van der Waals surface area (Å²) in [5, 5.41) is 2.82. The van der Waals surface area contributed by atoms with Crippen LogP contribution in [-0.2, 0) is 11.3 Å². The van der Waals surface area contributed by atoms with E-state index in [1.165, 1.54) is 0 Å². The summed E-state index contributed by atoms with van der Waals surface area (Å²) in [6.45, 7) is 2.35. The monoisotopic (exact) mass is 363 g/mol. The molecule has 0 saturated carbocycles. The van der Waals surface area contributed by atoms with Crippen LogP contribution in [0.3, 0.4) is 0 Å². The maximum atomic E-state index is 11.9. The first-order valence-corrected chi connectivity index (χ1v) is 7.66. The smallest absolute Gasteiger partial charge is 0.258 e. The summed E-state index contributed by atoms with van der Waals surface area (Å²) >= 11 is 3.41. The molecular weight excluding hydrogens is 346 g/mol. The molecule has 0 atom stereocenters. The van der Waals surface area contributed by atoms with Gasteiger partial charge < -0.3 is 14.8 Å². The minimum absolute atomic E-state index is 0.0141. The van der Waals surface area contributed by atoms with Crippen molar-refractivity contribution in [1.29, 1.82) is 0 Å². The van der Waals surface area contributed by atoms with E-state index in [1.54, 1.807) is 7.11 Å². The lowest BCUT2D eigenvalue weighted by atomic mass is 10.2. The molecule has 0 heterocycles. The van der Waals surface area contributed by atoms with Crippen molar-refractivity contribution in [3.05, 3.63) is 58.1 Å². The molecule has 2 rings (SSSR count). The molecule has 0 radical (unpaired) electrons. The van der Waals surface area contributed by atoms with Gasteiger partial charge in [0.05, 0.1) is 7.11 Å². The van der Waals surface area contributed by atoms with E-state index in [2.05, 4.69) is 21.2 Å². The van der Waals surface area contributed by atoms with E-state index < -0.39 is 0 Å². The summed E-state index contributed by atoms with van der Waals surface area (Å²) in [4.78, 5) is 11.9. The fourth-order valence-corrected chi connectivity index (χ4v) is 2.39. The number of amides is 1. The summed E-state index contributed by atoms with van der Waals surface area (Å²) in [5.41, 5.74) is 2.00. The van der Waals surface area contributed by atoms with Gasteiger partial charge in [0.1, 0.15) is 11.5 Å². The molecule has 0 unspecified atom stereocenters. The number of carbonyl (C=O) groups excluding carboxylic acids is 1.